The fourth-order valence-electron chi connectivity index (χ4n) is 4.38. The highest BCUT2D eigenvalue weighted by atomic mass is 16.5. The van der Waals surface area contributed by atoms with E-state index in [1.54, 1.807) is 31.4 Å². The number of benzene rings is 1. The number of hydrogen-bond donors (Lipinski definition) is 1. The lowest BCUT2D eigenvalue weighted by Gasteiger charge is -2.32. The third-order valence-corrected chi connectivity index (χ3v) is 6.43. The Morgan fingerprint density at radius 3 is 2.52 bits per heavy atom. The molecule has 1 atom stereocenters. The van der Waals surface area contributed by atoms with Crippen molar-refractivity contribution in [3.8, 4) is 11.5 Å². The van der Waals surface area contributed by atoms with Crippen molar-refractivity contribution in [2.75, 3.05) is 26.8 Å². The van der Waals surface area contributed by atoms with Crippen LogP contribution in [0.1, 0.15) is 30.7 Å². The number of methoxy groups -OCH3 is 1. The Morgan fingerprint density at radius 2 is 1.84 bits per heavy atom. The molecule has 1 aliphatic heterocycles. The average Bonchev–Trinajstić information content (AvgIpc) is 3.50. The van der Waals surface area contributed by atoms with Crippen molar-refractivity contribution in [2.24, 2.45) is 11.3 Å². The van der Waals surface area contributed by atoms with E-state index in [0.29, 0.717) is 25.4 Å². The molecule has 1 saturated carbocycles. The van der Waals surface area contributed by atoms with Crippen LogP contribution in [0.25, 0.3) is 0 Å². The number of ether oxygens (including phenoxy) is 2. The molecule has 1 N–H and O–H groups in total. The van der Waals surface area contributed by atoms with Crippen LogP contribution in [0.3, 0.4) is 0 Å². The number of pyridine rings is 1. The minimum absolute atomic E-state index is 0.0159. The molecule has 2 amide bonds. The van der Waals surface area contributed by atoms with Gasteiger partial charge in [-0.05, 0) is 68.0 Å². The summed E-state index contributed by atoms with van der Waals surface area (Å²) in [6.45, 7) is 3.77. The predicted molar refractivity (Wildman–Crippen MR) is 116 cm³/mol. The molecule has 1 spiro atoms. The smallest absolute Gasteiger partial charge is 0.260 e. The Bertz CT molecular complexity index is 936. The lowest BCUT2D eigenvalue weighted by molar-refractivity contribution is -0.135. The highest BCUT2D eigenvalue weighted by molar-refractivity contribution is 5.83. The summed E-state index contributed by atoms with van der Waals surface area (Å²) in [4.78, 5) is 31.4. The molecule has 0 bridgehead atoms. The van der Waals surface area contributed by atoms with E-state index in [1.807, 2.05) is 30.0 Å². The lowest BCUT2D eigenvalue weighted by Crippen LogP contribution is -2.42. The topological polar surface area (TPSA) is 80.8 Å². The zero-order chi connectivity index (χ0) is 21.8. The molecule has 7 nitrogen and oxygen atoms in total. The van der Waals surface area contributed by atoms with Gasteiger partial charge in [-0.1, -0.05) is 6.07 Å². The van der Waals surface area contributed by atoms with E-state index in [2.05, 4.69) is 10.3 Å². The number of carbonyl (C=O) groups is 2. The van der Waals surface area contributed by atoms with Gasteiger partial charge in [-0.3, -0.25) is 14.6 Å². The third kappa shape index (κ3) is 4.98. The molecule has 1 aliphatic carbocycles. The minimum atomic E-state index is -0.0159. The van der Waals surface area contributed by atoms with E-state index >= 15 is 0 Å². The second kappa shape index (κ2) is 8.96. The molecule has 2 aromatic rings. The third-order valence-electron chi connectivity index (χ3n) is 6.43. The van der Waals surface area contributed by atoms with Crippen LogP contribution in [0.2, 0.25) is 0 Å². The summed E-state index contributed by atoms with van der Waals surface area (Å²) in [5.41, 5.74) is 1.88. The first-order chi connectivity index (χ1) is 15.0. The number of carbonyl (C=O) groups excluding carboxylic acids is 2. The maximum absolute atomic E-state index is 12.6. The number of piperidine rings is 1. The monoisotopic (exact) mass is 423 g/mol. The highest BCUT2D eigenvalue weighted by Crippen LogP contribution is 2.59. The van der Waals surface area contributed by atoms with Gasteiger partial charge in [-0.15, -0.1) is 0 Å². The largest absolute Gasteiger partial charge is 0.497 e. The number of nitrogens with zero attached hydrogens (tertiary/aromatic N) is 2. The Balaban J connectivity index is 1.20. The minimum Gasteiger partial charge on any atom is -0.497 e. The van der Waals surface area contributed by atoms with Crippen LogP contribution in [0, 0.1) is 18.3 Å². The number of hydrogen-bond acceptors (Lipinski definition) is 5. The van der Waals surface area contributed by atoms with Gasteiger partial charge in [0.25, 0.3) is 5.91 Å². The van der Waals surface area contributed by atoms with Crippen molar-refractivity contribution in [3.63, 3.8) is 0 Å². The normalized spacial score (nSPS) is 19.0. The maximum Gasteiger partial charge on any atom is 0.260 e. The van der Waals surface area contributed by atoms with E-state index < -0.39 is 0 Å². The molecule has 2 heterocycles. The van der Waals surface area contributed by atoms with Crippen LogP contribution >= 0.6 is 0 Å². The first kappa shape index (κ1) is 21.2. The van der Waals surface area contributed by atoms with Gasteiger partial charge in [0.05, 0.1) is 19.3 Å². The molecule has 1 saturated heterocycles. The Labute approximate surface area is 182 Å². The van der Waals surface area contributed by atoms with Gasteiger partial charge in [0, 0.05) is 24.7 Å². The van der Waals surface area contributed by atoms with Gasteiger partial charge < -0.3 is 19.7 Å². The van der Waals surface area contributed by atoms with E-state index in [9.17, 15) is 9.59 Å². The van der Waals surface area contributed by atoms with Crippen LogP contribution in [-0.2, 0) is 16.1 Å². The van der Waals surface area contributed by atoms with E-state index in [4.69, 9.17) is 9.47 Å². The molecule has 0 radical (unpaired) electrons. The molecule has 4 rings (SSSR count). The van der Waals surface area contributed by atoms with E-state index in [-0.39, 0.29) is 29.8 Å². The summed E-state index contributed by atoms with van der Waals surface area (Å²) in [7, 11) is 1.61. The zero-order valence-corrected chi connectivity index (χ0v) is 18.1. The Morgan fingerprint density at radius 1 is 1.13 bits per heavy atom. The second-order valence-corrected chi connectivity index (χ2v) is 8.45. The van der Waals surface area contributed by atoms with E-state index in [0.717, 1.165) is 36.4 Å². The second-order valence-electron chi connectivity index (χ2n) is 8.45. The number of rotatable bonds is 7. The van der Waals surface area contributed by atoms with Crippen molar-refractivity contribution < 1.29 is 19.1 Å². The van der Waals surface area contributed by atoms with Gasteiger partial charge in [-0.2, -0.15) is 0 Å². The Hall–Kier alpha value is -3.09. The maximum atomic E-state index is 12.6. The number of aryl methyl sites for hydroxylation is 1. The molecule has 7 heteroatoms. The summed E-state index contributed by atoms with van der Waals surface area (Å²) in [6, 6.07) is 13.0. The lowest BCUT2D eigenvalue weighted by atomic mass is 9.90. The van der Waals surface area contributed by atoms with Crippen LogP contribution in [-0.4, -0.2) is 48.5 Å². The van der Waals surface area contributed by atoms with Gasteiger partial charge >= 0.3 is 0 Å². The molecular weight excluding hydrogens is 394 g/mol. The molecular formula is C24H29N3O4. The summed E-state index contributed by atoms with van der Waals surface area (Å²) in [6.07, 6.45) is 2.63. The number of nitrogens with one attached hydrogen (secondary N) is 1. The standard InChI is InChI=1S/C24H29N3O4/c1-17-4-3-5-18(26-17)15-25-23(29)21-14-24(21)10-12-27(13-11-24)22(28)16-31-20-8-6-19(30-2)7-9-20/h3-9,21H,10-16H2,1-2H3,(H,25,29)/t21-/m0/s1. The van der Waals surface area contributed by atoms with Crippen LogP contribution < -0.4 is 14.8 Å². The van der Waals surface area contributed by atoms with Crippen LogP contribution in [0.15, 0.2) is 42.5 Å². The van der Waals surface area contributed by atoms with Crippen molar-refractivity contribution in [1.29, 1.82) is 0 Å². The van der Waals surface area contributed by atoms with Gasteiger partial charge in [0.2, 0.25) is 5.91 Å². The summed E-state index contributed by atoms with van der Waals surface area (Å²) >= 11 is 0. The fourth-order valence-corrected chi connectivity index (χ4v) is 4.38. The van der Waals surface area contributed by atoms with Crippen molar-refractivity contribution >= 4 is 11.8 Å². The molecule has 164 valence electrons. The molecule has 2 fully saturated rings. The summed E-state index contributed by atoms with van der Waals surface area (Å²) in [5.74, 6) is 1.52. The van der Waals surface area contributed by atoms with E-state index in [1.165, 1.54) is 0 Å². The van der Waals surface area contributed by atoms with Gasteiger partial charge in [0.15, 0.2) is 6.61 Å². The van der Waals surface area contributed by atoms with Gasteiger partial charge in [0.1, 0.15) is 11.5 Å². The highest BCUT2D eigenvalue weighted by Gasteiger charge is 2.58. The number of aromatic nitrogens is 1. The molecule has 1 aromatic carbocycles. The number of likely N-dealkylation sites (tertiary alicyclic amines) is 1. The quantitative estimate of drug-likeness (QED) is 0.741. The number of amides is 2. The summed E-state index contributed by atoms with van der Waals surface area (Å²) in [5, 5.41) is 3.03. The average molecular weight is 424 g/mol. The van der Waals surface area contributed by atoms with Crippen LogP contribution in [0.4, 0.5) is 0 Å². The van der Waals surface area contributed by atoms with Gasteiger partial charge in [-0.25, -0.2) is 0 Å². The Kier molecular flexibility index (Phi) is 6.11. The molecule has 31 heavy (non-hydrogen) atoms. The molecule has 2 aliphatic rings. The summed E-state index contributed by atoms with van der Waals surface area (Å²) < 4.78 is 10.7. The molecule has 1 aromatic heterocycles. The van der Waals surface area contributed by atoms with Crippen molar-refractivity contribution in [1.82, 2.24) is 15.2 Å². The SMILES string of the molecule is COc1ccc(OCC(=O)N2CCC3(CC2)C[C@H]3C(=O)NCc2cccc(C)n2)cc1. The fraction of sp³-hybridized carbons (Fsp3) is 0.458. The first-order valence-corrected chi connectivity index (χ1v) is 10.7. The zero-order valence-electron chi connectivity index (χ0n) is 18.1. The van der Waals surface area contributed by atoms with Crippen LogP contribution in [0.5, 0.6) is 11.5 Å². The van der Waals surface area contributed by atoms with Crippen molar-refractivity contribution in [2.45, 2.75) is 32.7 Å². The predicted octanol–water partition coefficient (Wildman–Crippen LogP) is 2.72. The molecule has 0 unspecified atom stereocenters. The first-order valence-electron chi connectivity index (χ1n) is 10.7. The van der Waals surface area contributed by atoms with Crippen molar-refractivity contribution in [3.05, 3.63) is 53.9 Å².